The van der Waals surface area contributed by atoms with E-state index in [-0.39, 0.29) is 0 Å². The van der Waals surface area contributed by atoms with Gasteiger partial charge < -0.3 is 14.8 Å². The van der Waals surface area contributed by atoms with E-state index in [1.807, 2.05) is 30.3 Å². The number of aromatic nitrogens is 2. The van der Waals surface area contributed by atoms with Crippen molar-refractivity contribution >= 4 is 17.4 Å². The lowest BCUT2D eigenvalue weighted by Crippen LogP contribution is -2.13. The number of hydrogen-bond donors (Lipinski definition) is 1. The topological polar surface area (TPSA) is 56.3 Å². The van der Waals surface area contributed by atoms with Crippen molar-refractivity contribution in [3.8, 4) is 11.4 Å². The molecule has 1 aromatic heterocycles. The minimum Gasteiger partial charge on any atom is -0.382 e. The van der Waals surface area contributed by atoms with Gasteiger partial charge in [0, 0.05) is 25.3 Å². The lowest BCUT2D eigenvalue weighted by molar-refractivity contribution is 0.0759. The van der Waals surface area contributed by atoms with Crippen LogP contribution >= 0.6 is 11.6 Å². The number of nitrogens with zero attached hydrogens (tertiary/aromatic N) is 2. The first kappa shape index (κ1) is 15.7. The fourth-order valence-electron chi connectivity index (χ4n) is 1.72. The smallest absolute Gasteiger partial charge is 0.163 e. The molecular formula is C15H18ClN3O2. The van der Waals surface area contributed by atoms with Crippen LogP contribution in [0.3, 0.4) is 0 Å². The van der Waals surface area contributed by atoms with Gasteiger partial charge in [0.1, 0.15) is 11.0 Å². The van der Waals surface area contributed by atoms with E-state index in [1.54, 1.807) is 13.2 Å². The number of ether oxygens (including phenoxy) is 2. The number of benzene rings is 1. The molecule has 112 valence electrons. The molecule has 2 rings (SSSR count). The Hall–Kier alpha value is -1.69. The standard InChI is InChI=1S/C15H18ClN3O2/c1-20-9-10-21-8-7-17-14-11-13(16)18-15(19-14)12-5-3-2-4-6-12/h2-6,11H,7-10H2,1H3,(H,17,18,19). The average Bonchev–Trinajstić information content (AvgIpc) is 2.51. The molecular weight excluding hydrogens is 290 g/mol. The van der Waals surface area contributed by atoms with Crippen molar-refractivity contribution in [1.82, 2.24) is 9.97 Å². The number of methoxy groups -OCH3 is 1. The summed E-state index contributed by atoms with van der Waals surface area (Å²) in [6, 6.07) is 11.4. The molecule has 5 nitrogen and oxygen atoms in total. The van der Waals surface area contributed by atoms with Crippen LogP contribution in [0.25, 0.3) is 11.4 Å². The van der Waals surface area contributed by atoms with Gasteiger partial charge in [0.05, 0.1) is 19.8 Å². The van der Waals surface area contributed by atoms with Crippen molar-refractivity contribution < 1.29 is 9.47 Å². The largest absolute Gasteiger partial charge is 0.382 e. The summed E-state index contributed by atoms with van der Waals surface area (Å²) in [6.45, 7) is 2.40. The highest BCUT2D eigenvalue weighted by Crippen LogP contribution is 2.19. The molecule has 1 heterocycles. The Balaban J connectivity index is 1.93. The maximum Gasteiger partial charge on any atom is 0.163 e. The number of anilines is 1. The zero-order chi connectivity index (χ0) is 14.9. The molecule has 21 heavy (non-hydrogen) atoms. The third kappa shape index (κ3) is 5.30. The fraction of sp³-hybridized carbons (Fsp3) is 0.333. The minimum absolute atomic E-state index is 0.409. The fourth-order valence-corrected chi connectivity index (χ4v) is 1.90. The maximum absolute atomic E-state index is 6.04. The molecule has 0 amide bonds. The summed E-state index contributed by atoms with van der Waals surface area (Å²) >= 11 is 6.04. The molecule has 0 atom stereocenters. The molecule has 0 saturated heterocycles. The summed E-state index contributed by atoms with van der Waals surface area (Å²) in [5.74, 6) is 1.29. The van der Waals surface area contributed by atoms with Gasteiger partial charge in [0.25, 0.3) is 0 Å². The zero-order valence-corrected chi connectivity index (χ0v) is 12.6. The summed E-state index contributed by atoms with van der Waals surface area (Å²) in [5, 5.41) is 3.58. The van der Waals surface area contributed by atoms with Gasteiger partial charge in [-0.3, -0.25) is 0 Å². The SMILES string of the molecule is COCCOCCNc1cc(Cl)nc(-c2ccccc2)n1. The molecule has 0 aliphatic carbocycles. The molecule has 1 aromatic carbocycles. The second-order valence-corrected chi connectivity index (χ2v) is 4.68. The molecule has 0 unspecified atom stereocenters. The third-order valence-corrected chi connectivity index (χ3v) is 2.90. The normalized spacial score (nSPS) is 10.6. The van der Waals surface area contributed by atoms with E-state index in [2.05, 4.69) is 15.3 Å². The van der Waals surface area contributed by atoms with Gasteiger partial charge in [-0.1, -0.05) is 41.9 Å². The Morgan fingerprint density at radius 3 is 2.67 bits per heavy atom. The van der Waals surface area contributed by atoms with Crippen molar-refractivity contribution in [3.05, 3.63) is 41.6 Å². The molecule has 6 heteroatoms. The molecule has 2 aromatic rings. The summed E-state index contributed by atoms with van der Waals surface area (Å²) in [4.78, 5) is 8.69. The van der Waals surface area contributed by atoms with E-state index in [9.17, 15) is 0 Å². The first-order valence-corrected chi connectivity index (χ1v) is 7.08. The van der Waals surface area contributed by atoms with Crippen LogP contribution in [0.4, 0.5) is 5.82 Å². The van der Waals surface area contributed by atoms with E-state index >= 15 is 0 Å². The monoisotopic (exact) mass is 307 g/mol. The van der Waals surface area contributed by atoms with Crippen molar-refractivity contribution in [2.45, 2.75) is 0 Å². The van der Waals surface area contributed by atoms with E-state index < -0.39 is 0 Å². The second-order valence-electron chi connectivity index (χ2n) is 4.30. The molecule has 1 N–H and O–H groups in total. The molecule has 0 radical (unpaired) electrons. The van der Waals surface area contributed by atoms with Crippen molar-refractivity contribution in [3.63, 3.8) is 0 Å². The van der Waals surface area contributed by atoms with Gasteiger partial charge in [0.15, 0.2) is 5.82 Å². The third-order valence-electron chi connectivity index (χ3n) is 2.71. The van der Waals surface area contributed by atoms with Crippen molar-refractivity contribution in [2.24, 2.45) is 0 Å². The predicted octanol–water partition coefficient (Wildman–Crippen LogP) is 2.87. The van der Waals surface area contributed by atoms with Crippen LogP contribution in [0.1, 0.15) is 0 Å². The first-order valence-electron chi connectivity index (χ1n) is 6.70. The van der Waals surface area contributed by atoms with Gasteiger partial charge >= 0.3 is 0 Å². The van der Waals surface area contributed by atoms with Crippen molar-refractivity contribution in [2.75, 3.05) is 38.8 Å². The summed E-state index contributed by atoms with van der Waals surface area (Å²) in [5.41, 5.74) is 0.930. The molecule has 0 bridgehead atoms. The second kappa shape index (κ2) is 8.56. The molecule has 0 aliphatic heterocycles. The summed E-state index contributed by atoms with van der Waals surface area (Å²) in [6.07, 6.45) is 0. The van der Waals surface area contributed by atoms with E-state index in [0.29, 0.717) is 43.2 Å². The molecule has 0 aliphatic rings. The lowest BCUT2D eigenvalue weighted by Gasteiger charge is -2.08. The zero-order valence-electron chi connectivity index (χ0n) is 11.9. The Morgan fingerprint density at radius 1 is 1.10 bits per heavy atom. The van der Waals surface area contributed by atoms with Crippen LogP contribution in [0.5, 0.6) is 0 Å². The van der Waals surface area contributed by atoms with Gasteiger partial charge in [-0.2, -0.15) is 0 Å². The Morgan fingerprint density at radius 2 is 1.90 bits per heavy atom. The quantitative estimate of drug-likeness (QED) is 0.600. The number of rotatable bonds is 8. The van der Waals surface area contributed by atoms with Crippen LogP contribution in [-0.4, -0.2) is 43.4 Å². The van der Waals surface area contributed by atoms with Gasteiger partial charge in [-0.05, 0) is 0 Å². The van der Waals surface area contributed by atoms with Crippen LogP contribution in [0.2, 0.25) is 5.15 Å². The van der Waals surface area contributed by atoms with E-state index in [4.69, 9.17) is 21.1 Å². The van der Waals surface area contributed by atoms with Crippen LogP contribution in [0.15, 0.2) is 36.4 Å². The molecule has 0 saturated carbocycles. The summed E-state index contributed by atoms with van der Waals surface area (Å²) in [7, 11) is 1.65. The van der Waals surface area contributed by atoms with Gasteiger partial charge in [0.2, 0.25) is 0 Å². The van der Waals surface area contributed by atoms with Crippen LogP contribution in [0, 0.1) is 0 Å². The molecule has 0 fully saturated rings. The number of nitrogens with one attached hydrogen (secondary N) is 1. The highest BCUT2D eigenvalue weighted by Gasteiger charge is 2.05. The number of halogens is 1. The highest BCUT2D eigenvalue weighted by molar-refractivity contribution is 6.29. The maximum atomic E-state index is 6.04. The average molecular weight is 308 g/mol. The molecule has 0 spiro atoms. The first-order chi connectivity index (χ1) is 10.3. The minimum atomic E-state index is 0.409. The van der Waals surface area contributed by atoms with Crippen LogP contribution < -0.4 is 5.32 Å². The van der Waals surface area contributed by atoms with Gasteiger partial charge in [-0.25, -0.2) is 9.97 Å². The van der Waals surface area contributed by atoms with Crippen molar-refractivity contribution in [1.29, 1.82) is 0 Å². The lowest BCUT2D eigenvalue weighted by atomic mass is 10.2. The summed E-state index contributed by atoms with van der Waals surface area (Å²) < 4.78 is 10.3. The number of hydrogen-bond acceptors (Lipinski definition) is 5. The Kier molecular flexibility index (Phi) is 6.40. The predicted molar refractivity (Wildman–Crippen MR) is 83.7 cm³/mol. The Labute approximate surface area is 129 Å². The van der Waals surface area contributed by atoms with Crippen LogP contribution in [-0.2, 0) is 9.47 Å². The highest BCUT2D eigenvalue weighted by atomic mass is 35.5. The van der Waals surface area contributed by atoms with E-state index in [1.165, 1.54) is 0 Å². The van der Waals surface area contributed by atoms with Gasteiger partial charge in [-0.15, -0.1) is 0 Å². The Bertz CT molecular complexity index is 552. The van der Waals surface area contributed by atoms with E-state index in [0.717, 1.165) is 5.56 Å².